The summed E-state index contributed by atoms with van der Waals surface area (Å²) in [6, 6.07) is 10.8. The predicted octanol–water partition coefficient (Wildman–Crippen LogP) is 2.67. The number of nitrogens with zero attached hydrogens (tertiary/aromatic N) is 3. The zero-order valence-electron chi connectivity index (χ0n) is 15.2. The molecule has 0 saturated carbocycles. The van der Waals surface area contributed by atoms with Gasteiger partial charge in [0.25, 0.3) is 0 Å². The average Bonchev–Trinajstić information content (AvgIpc) is 3.08. The number of carbonyl (C=O) groups is 1. The molecule has 1 saturated heterocycles. The van der Waals surface area contributed by atoms with Gasteiger partial charge in [-0.1, -0.05) is 44.2 Å². The standard InChI is InChI=1S/C20H28N4O/c1-3-20(25)23-10-9-19(16(2)13-23)21-11-18-12-22-24(15-18)14-17-7-5-4-6-8-17/h4-8,12,15-16,19,21H,3,9-11,13-14H2,1-2H3/t16-,19+/m1/s1. The molecule has 1 aromatic heterocycles. The Hall–Kier alpha value is -2.14. The Balaban J connectivity index is 1.48. The number of rotatable bonds is 6. The van der Waals surface area contributed by atoms with Crippen molar-refractivity contribution < 1.29 is 4.79 Å². The van der Waals surface area contributed by atoms with E-state index >= 15 is 0 Å². The van der Waals surface area contributed by atoms with Gasteiger partial charge in [-0.2, -0.15) is 5.10 Å². The van der Waals surface area contributed by atoms with Gasteiger partial charge in [-0.3, -0.25) is 9.48 Å². The number of aromatic nitrogens is 2. The Morgan fingerprint density at radius 3 is 2.80 bits per heavy atom. The van der Waals surface area contributed by atoms with E-state index in [9.17, 15) is 4.79 Å². The van der Waals surface area contributed by atoms with Crippen molar-refractivity contribution in [1.82, 2.24) is 20.0 Å². The maximum absolute atomic E-state index is 11.8. The quantitative estimate of drug-likeness (QED) is 0.879. The summed E-state index contributed by atoms with van der Waals surface area (Å²) < 4.78 is 1.98. The molecule has 1 aliphatic rings. The first-order valence-electron chi connectivity index (χ1n) is 9.22. The van der Waals surface area contributed by atoms with Crippen molar-refractivity contribution in [2.75, 3.05) is 13.1 Å². The smallest absolute Gasteiger partial charge is 0.222 e. The van der Waals surface area contributed by atoms with Crippen molar-refractivity contribution in [2.45, 2.75) is 45.8 Å². The topological polar surface area (TPSA) is 50.2 Å². The predicted molar refractivity (Wildman–Crippen MR) is 99.1 cm³/mol. The van der Waals surface area contributed by atoms with E-state index in [0.29, 0.717) is 18.4 Å². The van der Waals surface area contributed by atoms with Gasteiger partial charge in [0.1, 0.15) is 0 Å². The highest BCUT2D eigenvalue weighted by Crippen LogP contribution is 2.18. The minimum absolute atomic E-state index is 0.271. The number of carbonyl (C=O) groups excluding carboxylic acids is 1. The number of piperidine rings is 1. The third kappa shape index (κ3) is 4.69. The van der Waals surface area contributed by atoms with Crippen LogP contribution >= 0.6 is 0 Å². The van der Waals surface area contributed by atoms with E-state index in [2.05, 4.69) is 47.8 Å². The third-order valence-corrected chi connectivity index (χ3v) is 5.00. The molecule has 0 spiro atoms. The summed E-state index contributed by atoms with van der Waals surface area (Å²) in [6.07, 6.45) is 5.67. The van der Waals surface area contributed by atoms with Gasteiger partial charge < -0.3 is 10.2 Å². The Kier molecular flexibility index (Phi) is 5.87. The Morgan fingerprint density at radius 1 is 1.28 bits per heavy atom. The van der Waals surface area contributed by atoms with Crippen molar-refractivity contribution in [3.63, 3.8) is 0 Å². The van der Waals surface area contributed by atoms with Crippen molar-refractivity contribution in [3.8, 4) is 0 Å². The summed E-state index contributed by atoms with van der Waals surface area (Å²) in [5.74, 6) is 0.746. The molecule has 5 heteroatoms. The minimum Gasteiger partial charge on any atom is -0.342 e. The second kappa shape index (κ2) is 8.30. The van der Waals surface area contributed by atoms with E-state index in [0.717, 1.165) is 32.6 Å². The summed E-state index contributed by atoms with van der Waals surface area (Å²) in [7, 11) is 0. The fourth-order valence-corrected chi connectivity index (χ4v) is 3.50. The molecule has 5 nitrogen and oxygen atoms in total. The maximum atomic E-state index is 11.8. The van der Waals surface area contributed by atoms with Gasteiger partial charge in [0.15, 0.2) is 0 Å². The van der Waals surface area contributed by atoms with Crippen LogP contribution in [0.3, 0.4) is 0 Å². The first-order valence-corrected chi connectivity index (χ1v) is 9.22. The lowest BCUT2D eigenvalue weighted by Crippen LogP contribution is -2.49. The van der Waals surface area contributed by atoms with E-state index in [4.69, 9.17) is 0 Å². The molecular formula is C20H28N4O. The van der Waals surface area contributed by atoms with Crippen LogP contribution in [0.1, 0.15) is 37.8 Å². The maximum Gasteiger partial charge on any atom is 0.222 e. The summed E-state index contributed by atoms with van der Waals surface area (Å²) >= 11 is 0. The molecule has 2 heterocycles. The van der Waals surface area contributed by atoms with Gasteiger partial charge in [-0.05, 0) is 17.9 Å². The Bertz CT molecular complexity index is 682. The van der Waals surface area contributed by atoms with Crippen LogP contribution in [0.25, 0.3) is 0 Å². The highest BCUT2D eigenvalue weighted by atomic mass is 16.2. The molecule has 2 aromatic rings. The van der Waals surface area contributed by atoms with Crippen molar-refractivity contribution >= 4 is 5.91 Å². The summed E-state index contributed by atoms with van der Waals surface area (Å²) in [5.41, 5.74) is 2.46. The Labute approximate surface area is 150 Å². The number of amides is 1. The van der Waals surface area contributed by atoms with Gasteiger partial charge >= 0.3 is 0 Å². The van der Waals surface area contributed by atoms with E-state index in [1.807, 2.05) is 28.8 Å². The van der Waals surface area contributed by atoms with Crippen LogP contribution in [-0.2, 0) is 17.9 Å². The fourth-order valence-electron chi connectivity index (χ4n) is 3.50. The molecule has 25 heavy (non-hydrogen) atoms. The molecule has 2 atom stereocenters. The number of hydrogen-bond donors (Lipinski definition) is 1. The van der Waals surface area contributed by atoms with Crippen LogP contribution in [0, 0.1) is 5.92 Å². The minimum atomic E-state index is 0.271. The van der Waals surface area contributed by atoms with Gasteiger partial charge in [0, 0.05) is 43.9 Å². The van der Waals surface area contributed by atoms with Gasteiger partial charge in [-0.15, -0.1) is 0 Å². The molecule has 1 aliphatic heterocycles. The summed E-state index contributed by atoms with van der Waals surface area (Å²) in [4.78, 5) is 13.8. The fraction of sp³-hybridized carbons (Fsp3) is 0.500. The van der Waals surface area contributed by atoms with E-state index < -0.39 is 0 Å². The van der Waals surface area contributed by atoms with Crippen LogP contribution < -0.4 is 5.32 Å². The number of benzene rings is 1. The second-order valence-electron chi connectivity index (χ2n) is 6.98. The molecule has 134 valence electrons. The van der Waals surface area contributed by atoms with Gasteiger partial charge in [0.05, 0.1) is 12.7 Å². The SMILES string of the molecule is CCC(=O)N1CC[C@H](NCc2cnn(Cc3ccccc3)c2)[C@H](C)C1. The lowest BCUT2D eigenvalue weighted by atomic mass is 9.93. The first kappa shape index (κ1) is 17.7. The zero-order chi connectivity index (χ0) is 17.6. The molecule has 0 bridgehead atoms. The van der Waals surface area contributed by atoms with E-state index in [-0.39, 0.29) is 5.91 Å². The highest BCUT2D eigenvalue weighted by Gasteiger charge is 2.27. The average molecular weight is 340 g/mol. The molecular weight excluding hydrogens is 312 g/mol. The van der Waals surface area contributed by atoms with Crippen LogP contribution in [-0.4, -0.2) is 39.7 Å². The molecule has 3 rings (SSSR count). The molecule has 1 amide bonds. The number of hydrogen-bond acceptors (Lipinski definition) is 3. The van der Waals surface area contributed by atoms with Crippen LogP contribution in [0.2, 0.25) is 0 Å². The van der Waals surface area contributed by atoms with Crippen LogP contribution in [0.15, 0.2) is 42.7 Å². The molecule has 1 fully saturated rings. The van der Waals surface area contributed by atoms with Gasteiger partial charge in [0.2, 0.25) is 5.91 Å². The molecule has 1 aromatic carbocycles. The third-order valence-electron chi connectivity index (χ3n) is 5.00. The normalized spacial score (nSPS) is 20.6. The lowest BCUT2D eigenvalue weighted by Gasteiger charge is -2.37. The summed E-state index contributed by atoms with van der Waals surface area (Å²) in [5, 5.41) is 8.12. The molecule has 0 unspecified atom stereocenters. The molecule has 0 radical (unpaired) electrons. The van der Waals surface area contributed by atoms with Crippen LogP contribution in [0.4, 0.5) is 0 Å². The first-order chi connectivity index (χ1) is 12.2. The zero-order valence-corrected chi connectivity index (χ0v) is 15.2. The molecule has 0 aliphatic carbocycles. The second-order valence-corrected chi connectivity index (χ2v) is 6.98. The molecule has 1 N–H and O–H groups in total. The monoisotopic (exact) mass is 340 g/mol. The number of likely N-dealkylation sites (tertiary alicyclic amines) is 1. The van der Waals surface area contributed by atoms with Crippen LogP contribution in [0.5, 0.6) is 0 Å². The van der Waals surface area contributed by atoms with E-state index in [1.165, 1.54) is 11.1 Å². The highest BCUT2D eigenvalue weighted by molar-refractivity contribution is 5.75. The Morgan fingerprint density at radius 2 is 2.08 bits per heavy atom. The lowest BCUT2D eigenvalue weighted by molar-refractivity contribution is -0.132. The van der Waals surface area contributed by atoms with Crippen molar-refractivity contribution in [3.05, 3.63) is 53.9 Å². The van der Waals surface area contributed by atoms with E-state index in [1.54, 1.807) is 0 Å². The van der Waals surface area contributed by atoms with Crippen molar-refractivity contribution in [2.24, 2.45) is 5.92 Å². The van der Waals surface area contributed by atoms with Crippen molar-refractivity contribution in [1.29, 1.82) is 0 Å². The van der Waals surface area contributed by atoms with Gasteiger partial charge in [-0.25, -0.2) is 0 Å². The largest absolute Gasteiger partial charge is 0.342 e. The number of nitrogens with one attached hydrogen (secondary N) is 1. The summed E-state index contributed by atoms with van der Waals surface area (Å²) in [6.45, 7) is 7.51.